The highest BCUT2D eigenvalue weighted by Crippen LogP contribution is 2.19. The first-order valence-corrected chi connectivity index (χ1v) is 9.74. The van der Waals surface area contributed by atoms with E-state index >= 15 is 0 Å². The third-order valence-electron chi connectivity index (χ3n) is 4.74. The zero-order chi connectivity index (χ0) is 19.9. The highest BCUT2D eigenvalue weighted by Gasteiger charge is 2.22. The summed E-state index contributed by atoms with van der Waals surface area (Å²) in [6, 6.07) is 6.51. The predicted molar refractivity (Wildman–Crippen MR) is 124 cm³/mol. The molecule has 0 fully saturated rings. The minimum Gasteiger partial charge on any atom is -0.494 e. The number of nitrogens with one attached hydrogen (secondary N) is 2. The van der Waals surface area contributed by atoms with E-state index in [0.717, 1.165) is 48.3 Å². The minimum atomic E-state index is 0. The van der Waals surface area contributed by atoms with Crippen molar-refractivity contribution in [1.82, 2.24) is 25.4 Å². The lowest BCUT2D eigenvalue weighted by atomic mass is 10.1. The van der Waals surface area contributed by atoms with Crippen LogP contribution in [0, 0.1) is 6.92 Å². The molecule has 1 aliphatic heterocycles. The van der Waals surface area contributed by atoms with Crippen LogP contribution < -0.4 is 15.4 Å². The van der Waals surface area contributed by atoms with E-state index < -0.39 is 0 Å². The normalized spacial score (nSPS) is 16.0. The first-order chi connectivity index (χ1) is 13.6. The molecule has 0 spiro atoms. The molecule has 29 heavy (non-hydrogen) atoms. The summed E-state index contributed by atoms with van der Waals surface area (Å²) >= 11 is 0. The van der Waals surface area contributed by atoms with Gasteiger partial charge < -0.3 is 20.1 Å². The molecule has 9 heteroatoms. The Balaban J connectivity index is 0.00000300. The molecule has 0 bridgehead atoms. The molecule has 0 saturated heterocycles. The number of aromatic nitrogens is 3. The summed E-state index contributed by atoms with van der Waals surface area (Å²) in [5, 5.41) is 11.4. The van der Waals surface area contributed by atoms with Gasteiger partial charge >= 0.3 is 0 Å². The van der Waals surface area contributed by atoms with Crippen molar-refractivity contribution in [2.24, 2.45) is 4.99 Å². The van der Waals surface area contributed by atoms with Gasteiger partial charge in [-0.25, -0.2) is 9.67 Å². The summed E-state index contributed by atoms with van der Waals surface area (Å²) in [6.07, 6.45) is 1.89. The monoisotopic (exact) mass is 514 g/mol. The van der Waals surface area contributed by atoms with Crippen LogP contribution in [0.4, 0.5) is 0 Å². The highest BCUT2D eigenvalue weighted by atomic mass is 127. The van der Waals surface area contributed by atoms with Crippen molar-refractivity contribution >= 4 is 29.9 Å². The number of halogens is 1. The average molecular weight is 514 g/mol. The van der Waals surface area contributed by atoms with Gasteiger partial charge in [-0.2, -0.15) is 5.10 Å². The van der Waals surface area contributed by atoms with Crippen LogP contribution in [0.1, 0.15) is 36.1 Å². The van der Waals surface area contributed by atoms with Crippen molar-refractivity contribution in [2.75, 3.05) is 20.8 Å². The fourth-order valence-electron chi connectivity index (χ4n) is 3.38. The van der Waals surface area contributed by atoms with E-state index in [2.05, 4.69) is 44.8 Å². The van der Waals surface area contributed by atoms with E-state index in [0.29, 0.717) is 19.8 Å². The topological polar surface area (TPSA) is 85.6 Å². The molecule has 2 aromatic rings. The van der Waals surface area contributed by atoms with Crippen LogP contribution in [0.2, 0.25) is 0 Å². The van der Waals surface area contributed by atoms with Gasteiger partial charge in [-0.1, -0.05) is 12.1 Å². The summed E-state index contributed by atoms with van der Waals surface area (Å²) in [7, 11) is 3.45. The number of nitrogens with zero attached hydrogens (tertiary/aromatic N) is 4. The number of ether oxygens (including phenoxy) is 2. The maximum absolute atomic E-state index is 5.61. The van der Waals surface area contributed by atoms with Crippen LogP contribution in [0.3, 0.4) is 0 Å². The fraction of sp³-hybridized carbons (Fsp3) is 0.550. The Morgan fingerprint density at radius 2 is 2.21 bits per heavy atom. The lowest BCUT2D eigenvalue weighted by Crippen LogP contribution is -2.46. The Hall–Kier alpha value is -1.88. The zero-order valence-corrected chi connectivity index (χ0v) is 19.9. The highest BCUT2D eigenvalue weighted by molar-refractivity contribution is 14.0. The van der Waals surface area contributed by atoms with Crippen LogP contribution in [0.25, 0.3) is 0 Å². The Bertz CT molecular complexity index is 823. The van der Waals surface area contributed by atoms with Crippen LogP contribution in [-0.4, -0.2) is 47.5 Å². The Kier molecular flexibility index (Phi) is 9.15. The molecule has 2 N–H and O–H groups in total. The molecule has 1 aliphatic rings. The van der Waals surface area contributed by atoms with E-state index in [1.807, 2.05) is 17.7 Å². The number of hydrogen-bond donors (Lipinski definition) is 2. The number of benzene rings is 1. The molecule has 0 saturated carbocycles. The standard InChI is InChI=1S/C20H30N6O2.HI/c1-5-28-17-8-6-15(10-14(17)2)11-22-20(21-3)23-16-7-9-19-24-18(13-27-4)25-26(19)12-16;/h6,8,10,16H,5,7,9,11-13H2,1-4H3,(H2,21,22,23);1H. The van der Waals surface area contributed by atoms with Crippen molar-refractivity contribution in [3.63, 3.8) is 0 Å². The molecule has 160 valence electrons. The van der Waals surface area contributed by atoms with Gasteiger partial charge in [0.05, 0.1) is 13.2 Å². The van der Waals surface area contributed by atoms with Gasteiger partial charge in [0.25, 0.3) is 0 Å². The van der Waals surface area contributed by atoms with Gasteiger partial charge in [0, 0.05) is 33.2 Å². The Morgan fingerprint density at radius 1 is 1.38 bits per heavy atom. The summed E-state index contributed by atoms with van der Waals surface area (Å²) in [4.78, 5) is 8.88. The summed E-state index contributed by atoms with van der Waals surface area (Å²) in [6.45, 7) is 6.66. The molecule has 3 rings (SSSR count). The number of aryl methyl sites for hydroxylation is 2. The largest absolute Gasteiger partial charge is 0.494 e. The predicted octanol–water partition coefficient (Wildman–Crippen LogP) is 2.43. The van der Waals surface area contributed by atoms with Crippen LogP contribution in [0.15, 0.2) is 23.2 Å². The molecule has 2 heterocycles. The number of hydrogen-bond acceptors (Lipinski definition) is 5. The lowest BCUT2D eigenvalue weighted by molar-refractivity contribution is 0.177. The quantitative estimate of drug-likeness (QED) is 0.336. The fourth-order valence-corrected chi connectivity index (χ4v) is 3.38. The number of fused-ring (bicyclic) bond motifs is 1. The minimum absolute atomic E-state index is 0. The van der Waals surface area contributed by atoms with Gasteiger partial charge in [0.15, 0.2) is 11.8 Å². The summed E-state index contributed by atoms with van der Waals surface area (Å²) < 4.78 is 12.7. The molecule has 0 radical (unpaired) electrons. The van der Waals surface area contributed by atoms with Crippen molar-refractivity contribution < 1.29 is 9.47 Å². The van der Waals surface area contributed by atoms with E-state index in [4.69, 9.17) is 9.47 Å². The molecule has 0 aliphatic carbocycles. The van der Waals surface area contributed by atoms with Crippen LogP contribution >= 0.6 is 24.0 Å². The second-order valence-corrected chi connectivity index (χ2v) is 6.90. The molecular weight excluding hydrogens is 483 g/mol. The maximum atomic E-state index is 5.61. The number of guanidine groups is 1. The third kappa shape index (κ3) is 6.30. The third-order valence-corrected chi connectivity index (χ3v) is 4.74. The number of methoxy groups -OCH3 is 1. The first-order valence-electron chi connectivity index (χ1n) is 9.74. The van der Waals surface area contributed by atoms with Gasteiger partial charge in [0.1, 0.15) is 18.2 Å². The first kappa shape index (κ1) is 23.4. The van der Waals surface area contributed by atoms with Crippen LogP contribution in [0.5, 0.6) is 5.75 Å². The van der Waals surface area contributed by atoms with E-state index in [1.54, 1.807) is 14.2 Å². The molecule has 1 atom stereocenters. The Labute approximate surface area is 189 Å². The van der Waals surface area contributed by atoms with Crippen molar-refractivity contribution in [3.05, 3.63) is 41.0 Å². The van der Waals surface area contributed by atoms with Crippen molar-refractivity contribution in [1.29, 1.82) is 0 Å². The molecular formula is C20H31IN6O2. The lowest BCUT2D eigenvalue weighted by Gasteiger charge is -2.25. The molecule has 1 aromatic carbocycles. The van der Waals surface area contributed by atoms with Crippen molar-refractivity contribution in [2.45, 2.75) is 52.4 Å². The molecule has 8 nitrogen and oxygen atoms in total. The smallest absolute Gasteiger partial charge is 0.191 e. The van der Waals surface area contributed by atoms with Gasteiger partial charge in [-0.05, 0) is 37.5 Å². The average Bonchev–Trinajstić information content (AvgIpc) is 3.09. The van der Waals surface area contributed by atoms with Gasteiger partial charge in [0.2, 0.25) is 0 Å². The van der Waals surface area contributed by atoms with Gasteiger partial charge in [-0.15, -0.1) is 24.0 Å². The summed E-state index contributed by atoms with van der Waals surface area (Å²) in [5.41, 5.74) is 2.33. The number of rotatable bonds is 7. The Morgan fingerprint density at radius 3 is 2.90 bits per heavy atom. The van der Waals surface area contributed by atoms with E-state index in [-0.39, 0.29) is 30.0 Å². The maximum Gasteiger partial charge on any atom is 0.191 e. The van der Waals surface area contributed by atoms with E-state index in [1.165, 1.54) is 5.56 Å². The molecule has 1 aromatic heterocycles. The second kappa shape index (κ2) is 11.3. The molecule has 1 unspecified atom stereocenters. The SMILES string of the molecule is CCOc1ccc(CNC(=NC)NC2CCc3nc(COC)nn3C2)cc1C.I. The summed E-state index contributed by atoms with van der Waals surface area (Å²) in [5.74, 6) is 3.49. The number of aliphatic imine (C=N–C) groups is 1. The van der Waals surface area contributed by atoms with E-state index in [9.17, 15) is 0 Å². The van der Waals surface area contributed by atoms with Crippen LogP contribution in [-0.2, 0) is 30.9 Å². The van der Waals surface area contributed by atoms with Crippen molar-refractivity contribution in [3.8, 4) is 5.75 Å². The van der Waals surface area contributed by atoms with Gasteiger partial charge in [-0.3, -0.25) is 4.99 Å². The zero-order valence-electron chi connectivity index (χ0n) is 17.6. The second-order valence-electron chi connectivity index (χ2n) is 6.90. The molecule has 0 amide bonds.